The molecule has 3 N–H and O–H groups in total. The minimum absolute atomic E-state index is 0.194. The largest absolute Gasteiger partial charge is 0.480 e. The van der Waals surface area contributed by atoms with Gasteiger partial charge in [0.25, 0.3) is 5.91 Å². The van der Waals surface area contributed by atoms with Crippen LogP contribution >= 0.6 is 0 Å². The Morgan fingerprint density at radius 3 is 2.67 bits per heavy atom. The molecule has 0 aliphatic carbocycles. The first-order valence-corrected chi connectivity index (χ1v) is 5.41. The molecule has 94 valence electrons. The van der Waals surface area contributed by atoms with E-state index >= 15 is 0 Å². The number of rotatable bonds is 3. The summed E-state index contributed by atoms with van der Waals surface area (Å²) in [4.78, 5) is 22.9. The van der Waals surface area contributed by atoms with Crippen LogP contribution in [-0.4, -0.2) is 32.7 Å². The third kappa shape index (κ3) is 2.04. The normalized spacial score (nSPS) is 11.4. The smallest absolute Gasteiger partial charge is 0.328 e. The van der Waals surface area contributed by atoms with Crippen LogP contribution < -0.4 is 5.32 Å². The van der Waals surface area contributed by atoms with Gasteiger partial charge in [-0.25, -0.2) is 4.79 Å². The molecule has 1 aromatic heterocycles. The maximum atomic E-state index is 12.0. The third-order valence-electron chi connectivity index (χ3n) is 2.65. The molecule has 0 fully saturated rings. The Labute approximate surface area is 103 Å². The Morgan fingerprint density at radius 1 is 1.33 bits per heavy atom. The van der Waals surface area contributed by atoms with Crippen LogP contribution in [0.3, 0.4) is 0 Å². The zero-order valence-corrected chi connectivity index (χ0v) is 10.0. The highest BCUT2D eigenvalue weighted by molar-refractivity contribution is 6.06. The lowest BCUT2D eigenvalue weighted by molar-refractivity contribution is -0.143. The van der Waals surface area contributed by atoms with Crippen molar-refractivity contribution in [3.63, 3.8) is 0 Å². The molecule has 2 rings (SSSR count). The molecule has 1 heterocycles. The summed E-state index contributed by atoms with van der Waals surface area (Å²) < 4.78 is 0. The fourth-order valence-electron chi connectivity index (χ4n) is 1.53. The Balaban J connectivity index is 2.32. The molecule has 0 aliphatic heterocycles. The maximum absolute atomic E-state index is 12.0. The molecule has 6 heteroatoms. The van der Waals surface area contributed by atoms with Gasteiger partial charge in [0.15, 0.2) is 5.69 Å². The van der Waals surface area contributed by atoms with Gasteiger partial charge in [0, 0.05) is 5.39 Å². The minimum atomic E-state index is -1.34. The first kappa shape index (κ1) is 12.1. The second-order valence-corrected chi connectivity index (χ2v) is 4.50. The number of benzene rings is 1. The SMILES string of the molecule is CC(C)(NC(=O)c1n[nH]c2ccccc12)C(=O)O. The molecule has 1 aromatic carbocycles. The van der Waals surface area contributed by atoms with Gasteiger partial charge in [-0.2, -0.15) is 5.10 Å². The van der Waals surface area contributed by atoms with Crippen LogP contribution in [0.25, 0.3) is 10.9 Å². The number of H-pyrrole nitrogens is 1. The number of para-hydroxylation sites is 1. The van der Waals surface area contributed by atoms with Crippen molar-refractivity contribution in [2.45, 2.75) is 19.4 Å². The molecule has 1 amide bonds. The number of amides is 1. The van der Waals surface area contributed by atoms with E-state index in [4.69, 9.17) is 5.11 Å². The highest BCUT2D eigenvalue weighted by Gasteiger charge is 2.30. The molecule has 0 spiro atoms. The molecule has 0 radical (unpaired) electrons. The van der Waals surface area contributed by atoms with Crippen LogP contribution in [0.4, 0.5) is 0 Å². The van der Waals surface area contributed by atoms with Crippen molar-refractivity contribution in [1.82, 2.24) is 15.5 Å². The van der Waals surface area contributed by atoms with Crippen LogP contribution in [0.1, 0.15) is 24.3 Å². The van der Waals surface area contributed by atoms with Gasteiger partial charge in [0.05, 0.1) is 5.52 Å². The van der Waals surface area contributed by atoms with E-state index in [0.29, 0.717) is 5.39 Å². The van der Waals surface area contributed by atoms with Crippen molar-refractivity contribution in [2.75, 3.05) is 0 Å². The lowest BCUT2D eigenvalue weighted by atomic mass is 10.1. The van der Waals surface area contributed by atoms with Gasteiger partial charge < -0.3 is 10.4 Å². The van der Waals surface area contributed by atoms with Gasteiger partial charge in [-0.15, -0.1) is 0 Å². The Kier molecular flexibility index (Phi) is 2.78. The number of hydrogen-bond acceptors (Lipinski definition) is 3. The molecule has 18 heavy (non-hydrogen) atoms. The van der Waals surface area contributed by atoms with Crippen LogP contribution in [0.15, 0.2) is 24.3 Å². The summed E-state index contributed by atoms with van der Waals surface area (Å²) in [6.07, 6.45) is 0. The molecular weight excluding hydrogens is 234 g/mol. The van der Waals surface area contributed by atoms with Gasteiger partial charge in [-0.1, -0.05) is 18.2 Å². The number of carbonyl (C=O) groups is 2. The van der Waals surface area contributed by atoms with Crippen LogP contribution in [0.2, 0.25) is 0 Å². The Bertz CT molecular complexity index is 616. The van der Waals surface area contributed by atoms with Crippen molar-refractivity contribution < 1.29 is 14.7 Å². The monoisotopic (exact) mass is 247 g/mol. The number of aliphatic carboxylic acids is 1. The lowest BCUT2D eigenvalue weighted by Crippen LogP contribution is -2.49. The summed E-state index contributed by atoms with van der Waals surface area (Å²) in [6.45, 7) is 2.84. The number of aromatic amines is 1. The molecule has 0 saturated heterocycles. The van der Waals surface area contributed by atoms with Gasteiger partial charge in [0.2, 0.25) is 0 Å². The van der Waals surface area contributed by atoms with Crippen molar-refractivity contribution >= 4 is 22.8 Å². The first-order valence-electron chi connectivity index (χ1n) is 5.41. The quantitative estimate of drug-likeness (QED) is 0.758. The van der Waals surface area contributed by atoms with Crippen molar-refractivity contribution in [1.29, 1.82) is 0 Å². The van der Waals surface area contributed by atoms with Gasteiger partial charge >= 0.3 is 5.97 Å². The average Bonchev–Trinajstić information content (AvgIpc) is 2.71. The Hall–Kier alpha value is -2.37. The van der Waals surface area contributed by atoms with Crippen LogP contribution in [0, 0.1) is 0 Å². The Morgan fingerprint density at radius 2 is 2.00 bits per heavy atom. The van der Waals surface area contributed by atoms with E-state index in [0.717, 1.165) is 5.52 Å². The van der Waals surface area contributed by atoms with E-state index in [1.807, 2.05) is 6.07 Å². The second kappa shape index (κ2) is 4.14. The van der Waals surface area contributed by atoms with E-state index in [-0.39, 0.29) is 5.69 Å². The van der Waals surface area contributed by atoms with Crippen molar-refractivity contribution in [3.8, 4) is 0 Å². The highest BCUT2D eigenvalue weighted by atomic mass is 16.4. The van der Waals surface area contributed by atoms with E-state index < -0.39 is 17.4 Å². The summed E-state index contributed by atoms with van der Waals surface area (Å²) in [5, 5.41) is 18.7. The number of nitrogens with zero attached hydrogens (tertiary/aromatic N) is 1. The third-order valence-corrected chi connectivity index (χ3v) is 2.65. The summed E-state index contributed by atoms with van der Waals surface area (Å²) >= 11 is 0. The molecular formula is C12H13N3O3. The van der Waals surface area contributed by atoms with E-state index in [9.17, 15) is 9.59 Å². The fourth-order valence-corrected chi connectivity index (χ4v) is 1.53. The summed E-state index contributed by atoms with van der Waals surface area (Å²) in [7, 11) is 0. The fraction of sp³-hybridized carbons (Fsp3) is 0.250. The number of nitrogens with one attached hydrogen (secondary N) is 2. The van der Waals surface area contributed by atoms with Crippen molar-refractivity contribution in [3.05, 3.63) is 30.0 Å². The predicted octanol–water partition coefficient (Wildman–Crippen LogP) is 1.16. The van der Waals surface area contributed by atoms with Gasteiger partial charge in [-0.05, 0) is 19.9 Å². The zero-order valence-electron chi connectivity index (χ0n) is 10.0. The minimum Gasteiger partial charge on any atom is -0.480 e. The molecule has 6 nitrogen and oxygen atoms in total. The number of fused-ring (bicyclic) bond motifs is 1. The maximum Gasteiger partial charge on any atom is 0.328 e. The highest BCUT2D eigenvalue weighted by Crippen LogP contribution is 2.15. The standard InChI is InChI=1S/C12H13N3O3/c1-12(2,11(17)18)13-10(16)9-7-5-3-4-6-8(7)14-15-9/h3-6H,1-2H3,(H,13,16)(H,14,15)(H,17,18). The summed E-state index contributed by atoms with van der Waals surface area (Å²) in [5.74, 6) is -1.62. The number of aromatic nitrogens is 2. The lowest BCUT2D eigenvalue weighted by Gasteiger charge is -2.20. The summed E-state index contributed by atoms with van der Waals surface area (Å²) in [6, 6.07) is 7.16. The predicted molar refractivity (Wildman–Crippen MR) is 65.3 cm³/mol. The van der Waals surface area contributed by atoms with E-state index in [2.05, 4.69) is 15.5 Å². The molecule has 0 bridgehead atoms. The number of hydrogen-bond donors (Lipinski definition) is 3. The molecule has 0 atom stereocenters. The molecule has 0 unspecified atom stereocenters. The zero-order chi connectivity index (χ0) is 13.3. The first-order chi connectivity index (χ1) is 8.42. The van der Waals surface area contributed by atoms with Crippen LogP contribution in [-0.2, 0) is 4.79 Å². The number of carbonyl (C=O) groups excluding carboxylic acids is 1. The van der Waals surface area contributed by atoms with E-state index in [1.165, 1.54) is 13.8 Å². The number of carboxylic acid groups (broad SMARTS) is 1. The average molecular weight is 247 g/mol. The topological polar surface area (TPSA) is 95.1 Å². The van der Waals surface area contributed by atoms with Crippen molar-refractivity contribution in [2.24, 2.45) is 0 Å². The van der Waals surface area contributed by atoms with Gasteiger partial charge in [0.1, 0.15) is 5.54 Å². The van der Waals surface area contributed by atoms with Crippen LogP contribution in [0.5, 0.6) is 0 Å². The summed E-state index contributed by atoms with van der Waals surface area (Å²) in [5.41, 5.74) is -0.410. The van der Waals surface area contributed by atoms with Gasteiger partial charge in [-0.3, -0.25) is 9.89 Å². The second-order valence-electron chi connectivity index (χ2n) is 4.50. The molecule has 2 aromatic rings. The number of carboxylic acids is 1. The molecule has 0 saturated carbocycles. The molecule has 0 aliphatic rings. The van der Waals surface area contributed by atoms with E-state index in [1.54, 1.807) is 18.2 Å².